The number of aromatic amines is 1. The lowest BCUT2D eigenvalue weighted by atomic mass is 10.1. The Labute approximate surface area is 81.1 Å². The SMILES string of the molecule is CC(O)c1cc2[nH]ccc2cc1Cl. The molecule has 2 rings (SSSR count). The molecule has 0 bridgehead atoms. The van der Waals surface area contributed by atoms with Crippen LogP contribution in [0.2, 0.25) is 5.02 Å². The van der Waals surface area contributed by atoms with Gasteiger partial charge in [0.05, 0.1) is 6.10 Å². The van der Waals surface area contributed by atoms with E-state index in [2.05, 4.69) is 4.98 Å². The highest BCUT2D eigenvalue weighted by molar-refractivity contribution is 6.32. The fourth-order valence-electron chi connectivity index (χ4n) is 1.41. The van der Waals surface area contributed by atoms with Crippen molar-refractivity contribution in [2.24, 2.45) is 0 Å². The van der Waals surface area contributed by atoms with Crippen molar-refractivity contribution < 1.29 is 5.11 Å². The lowest BCUT2D eigenvalue weighted by molar-refractivity contribution is 0.199. The van der Waals surface area contributed by atoms with Gasteiger partial charge in [0.1, 0.15) is 0 Å². The highest BCUT2D eigenvalue weighted by Gasteiger charge is 2.07. The van der Waals surface area contributed by atoms with Crippen LogP contribution in [-0.2, 0) is 0 Å². The monoisotopic (exact) mass is 195 g/mol. The second-order valence-corrected chi connectivity index (χ2v) is 3.52. The van der Waals surface area contributed by atoms with E-state index in [4.69, 9.17) is 11.6 Å². The lowest BCUT2D eigenvalue weighted by Gasteiger charge is -2.06. The number of rotatable bonds is 1. The molecule has 2 nitrogen and oxygen atoms in total. The highest BCUT2D eigenvalue weighted by atomic mass is 35.5. The maximum atomic E-state index is 9.40. The molecule has 0 amide bonds. The van der Waals surface area contributed by atoms with Gasteiger partial charge in [0.15, 0.2) is 0 Å². The molecule has 68 valence electrons. The largest absolute Gasteiger partial charge is 0.389 e. The fraction of sp³-hybridized carbons (Fsp3) is 0.200. The van der Waals surface area contributed by atoms with Crippen LogP contribution < -0.4 is 0 Å². The first kappa shape index (κ1) is 8.60. The van der Waals surface area contributed by atoms with Crippen LogP contribution in [0.4, 0.5) is 0 Å². The quantitative estimate of drug-likeness (QED) is 0.721. The van der Waals surface area contributed by atoms with E-state index in [-0.39, 0.29) is 0 Å². The number of benzene rings is 1. The second kappa shape index (κ2) is 3.05. The van der Waals surface area contributed by atoms with E-state index in [1.165, 1.54) is 0 Å². The minimum Gasteiger partial charge on any atom is -0.389 e. The molecule has 0 saturated heterocycles. The molecule has 0 spiro atoms. The number of nitrogens with one attached hydrogen (secondary N) is 1. The third kappa shape index (κ3) is 1.43. The van der Waals surface area contributed by atoms with Crippen LogP contribution in [0.25, 0.3) is 10.9 Å². The standard InChI is InChI=1S/C10H10ClNO/c1-6(13)8-5-10-7(2-3-12-10)4-9(8)11/h2-6,12-13H,1H3. The molecule has 0 fully saturated rings. The zero-order chi connectivity index (χ0) is 9.42. The topological polar surface area (TPSA) is 36.0 Å². The summed E-state index contributed by atoms with van der Waals surface area (Å²) in [7, 11) is 0. The molecule has 2 N–H and O–H groups in total. The van der Waals surface area contributed by atoms with Crippen LogP contribution in [0.5, 0.6) is 0 Å². The normalized spacial score (nSPS) is 13.5. The van der Waals surface area contributed by atoms with Crippen molar-refractivity contribution in [1.82, 2.24) is 4.98 Å². The van der Waals surface area contributed by atoms with Gasteiger partial charge in [-0.1, -0.05) is 11.6 Å². The van der Waals surface area contributed by atoms with Crippen LogP contribution in [0.15, 0.2) is 24.4 Å². The zero-order valence-corrected chi connectivity index (χ0v) is 7.97. The Kier molecular flexibility index (Phi) is 2.02. The molecule has 13 heavy (non-hydrogen) atoms. The van der Waals surface area contributed by atoms with E-state index in [0.717, 1.165) is 16.5 Å². The maximum absolute atomic E-state index is 9.40. The number of aliphatic hydroxyl groups is 1. The average molecular weight is 196 g/mol. The highest BCUT2D eigenvalue weighted by Crippen LogP contribution is 2.27. The predicted molar refractivity (Wildman–Crippen MR) is 53.9 cm³/mol. The third-order valence-corrected chi connectivity index (χ3v) is 2.45. The molecule has 0 aliphatic carbocycles. The number of hydrogen-bond acceptors (Lipinski definition) is 1. The third-order valence-electron chi connectivity index (χ3n) is 2.12. The van der Waals surface area contributed by atoms with Gasteiger partial charge in [-0.2, -0.15) is 0 Å². The molecule has 0 aliphatic heterocycles. The number of aromatic nitrogens is 1. The van der Waals surface area contributed by atoms with E-state index in [9.17, 15) is 5.11 Å². The van der Waals surface area contributed by atoms with Gasteiger partial charge in [0.2, 0.25) is 0 Å². The number of fused-ring (bicyclic) bond motifs is 1. The van der Waals surface area contributed by atoms with Gasteiger partial charge in [0.25, 0.3) is 0 Å². The summed E-state index contributed by atoms with van der Waals surface area (Å²) in [6.07, 6.45) is 1.33. The Morgan fingerprint density at radius 1 is 1.46 bits per heavy atom. The molecule has 1 aromatic heterocycles. The molecule has 0 saturated carbocycles. The summed E-state index contributed by atoms with van der Waals surface area (Å²) in [6.45, 7) is 1.70. The summed E-state index contributed by atoms with van der Waals surface area (Å²) in [5.41, 5.74) is 1.76. The molecule has 3 heteroatoms. The van der Waals surface area contributed by atoms with Crippen LogP contribution in [0.1, 0.15) is 18.6 Å². The van der Waals surface area contributed by atoms with Crippen molar-refractivity contribution in [2.45, 2.75) is 13.0 Å². The number of aliphatic hydroxyl groups excluding tert-OH is 1. The van der Waals surface area contributed by atoms with Gasteiger partial charge in [-0.25, -0.2) is 0 Å². The van der Waals surface area contributed by atoms with Gasteiger partial charge in [-0.05, 0) is 25.1 Å². The van der Waals surface area contributed by atoms with Crippen LogP contribution in [0.3, 0.4) is 0 Å². The summed E-state index contributed by atoms with van der Waals surface area (Å²) >= 11 is 5.98. The van der Waals surface area contributed by atoms with E-state index < -0.39 is 6.10 Å². The van der Waals surface area contributed by atoms with Crippen molar-refractivity contribution in [3.05, 3.63) is 35.0 Å². The smallest absolute Gasteiger partial charge is 0.0777 e. The van der Waals surface area contributed by atoms with Gasteiger partial charge in [-0.3, -0.25) is 0 Å². The van der Waals surface area contributed by atoms with Gasteiger partial charge < -0.3 is 10.1 Å². The Hall–Kier alpha value is -0.990. The first-order chi connectivity index (χ1) is 6.18. The van der Waals surface area contributed by atoms with Gasteiger partial charge in [-0.15, -0.1) is 0 Å². The summed E-state index contributed by atoms with van der Waals surface area (Å²) in [6, 6.07) is 5.69. The predicted octanol–water partition coefficient (Wildman–Crippen LogP) is 2.87. The van der Waals surface area contributed by atoms with Crippen molar-refractivity contribution >= 4 is 22.5 Å². The molecular formula is C10H10ClNO. The zero-order valence-electron chi connectivity index (χ0n) is 7.21. The molecule has 0 radical (unpaired) electrons. The van der Waals surface area contributed by atoms with Crippen molar-refractivity contribution in [1.29, 1.82) is 0 Å². The van der Waals surface area contributed by atoms with E-state index in [1.54, 1.807) is 6.92 Å². The summed E-state index contributed by atoms with van der Waals surface area (Å²) in [5, 5.41) is 11.1. The summed E-state index contributed by atoms with van der Waals surface area (Å²) in [5.74, 6) is 0. The van der Waals surface area contributed by atoms with Crippen molar-refractivity contribution in [3.63, 3.8) is 0 Å². The first-order valence-electron chi connectivity index (χ1n) is 4.13. The average Bonchev–Trinajstić information content (AvgIpc) is 2.48. The van der Waals surface area contributed by atoms with Gasteiger partial charge >= 0.3 is 0 Å². The number of halogens is 1. The Morgan fingerprint density at radius 3 is 2.92 bits per heavy atom. The van der Waals surface area contributed by atoms with Crippen LogP contribution in [-0.4, -0.2) is 10.1 Å². The molecule has 1 aromatic carbocycles. The minimum absolute atomic E-state index is 0.528. The molecule has 1 heterocycles. The summed E-state index contributed by atoms with van der Waals surface area (Å²) in [4.78, 5) is 3.07. The van der Waals surface area contributed by atoms with E-state index in [1.807, 2.05) is 24.4 Å². The molecule has 1 unspecified atom stereocenters. The molecule has 2 aromatic rings. The molecule has 0 aliphatic rings. The Bertz CT molecular complexity index is 433. The van der Waals surface area contributed by atoms with E-state index >= 15 is 0 Å². The second-order valence-electron chi connectivity index (χ2n) is 3.11. The first-order valence-corrected chi connectivity index (χ1v) is 4.51. The van der Waals surface area contributed by atoms with Crippen molar-refractivity contribution in [3.8, 4) is 0 Å². The van der Waals surface area contributed by atoms with Gasteiger partial charge in [0, 0.05) is 27.7 Å². The van der Waals surface area contributed by atoms with Crippen LogP contribution in [0, 0.1) is 0 Å². The van der Waals surface area contributed by atoms with Crippen molar-refractivity contribution in [2.75, 3.05) is 0 Å². The molecule has 1 atom stereocenters. The summed E-state index contributed by atoms with van der Waals surface area (Å²) < 4.78 is 0. The minimum atomic E-state index is -0.528. The maximum Gasteiger partial charge on any atom is 0.0777 e. The molecular weight excluding hydrogens is 186 g/mol. The lowest BCUT2D eigenvalue weighted by Crippen LogP contribution is -1.91. The van der Waals surface area contributed by atoms with E-state index in [0.29, 0.717) is 5.02 Å². The fourth-order valence-corrected chi connectivity index (χ4v) is 1.74. The number of H-pyrrole nitrogens is 1. The Morgan fingerprint density at radius 2 is 2.23 bits per heavy atom. The number of hydrogen-bond donors (Lipinski definition) is 2. The van der Waals surface area contributed by atoms with Crippen LogP contribution >= 0.6 is 11.6 Å². The Balaban J connectivity index is 2.69.